The molecule has 0 fully saturated rings. The molecule has 1 aliphatic rings. The summed E-state index contributed by atoms with van der Waals surface area (Å²) in [6, 6.07) is 13.7. The van der Waals surface area contributed by atoms with Crippen molar-refractivity contribution in [3.05, 3.63) is 59.2 Å². The van der Waals surface area contributed by atoms with Crippen LogP contribution in [0.2, 0.25) is 0 Å². The van der Waals surface area contributed by atoms with E-state index in [1.165, 1.54) is 0 Å². The number of ether oxygens (including phenoxy) is 3. The Morgan fingerprint density at radius 1 is 1.11 bits per heavy atom. The summed E-state index contributed by atoms with van der Waals surface area (Å²) in [6.45, 7) is 9.25. The highest BCUT2D eigenvalue weighted by molar-refractivity contribution is 5.81. The molecule has 5 nitrogen and oxygen atoms in total. The van der Waals surface area contributed by atoms with E-state index in [1.807, 2.05) is 49.4 Å². The van der Waals surface area contributed by atoms with Gasteiger partial charge in [-0.25, -0.2) is 4.79 Å². The molecule has 0 aliphatic carbocycles. The van der Waals surface area contributed by atoms with Crippen LogP contribution in [0.3, 0.4) is 0 Å². The topological polar surface area (TPSA) is 65.0 Å². The van der Waals surface area contributed by atoms with E-state index in [4.69, 9.17) is 19.3 Å². The molecule has 0 bridgehead atoms. The number of benzene rings is 2. The first-order valence-corrected chi connectivity index (χ1v) is 9.31. The van der Waals surface area contributed by atoms with Gasteiger partial charge in [-0.15, -0.1) is 0 Å². The summed E-state index contributed by atoms with van der Waals surface area (Å²) < 4.78 is 16.6. The van der Waals surface area contributed by atoms with E-state index in [9.17, 15) is 4.79 Å². The lowest BCUT2D eigenvalue weighted by atomic mass is 9.97. The van der Waals surface area contributed by atoms with E-state index in [2.05, 4.69) is 19.9 Å². The number of allylic oxidation sites excluding steroid dienone is 1. The van der Waals surface area contributed by atoms with E-state index in [1.54, 1.807) is 6.92 Å². The van der Waals surface area contributed by atoms with Crippen molar-refractivity contribution in [2.45, 2.75) is 33.8 Å². The molecule has 1 atom stereocenters. The zero-order valence-electron chi connectivity index (χ0n) is 16.7. The van der Waals surface area contributed by atoms with Gasteiger partial charge in [0, 0.05) is 5.41 Å². The van der Waals surface area contributed by atoms with Crippen LogP contribution in [-0.4, -0.2) is 24.5 Å². The van der Waals surface area contributed by atoms with Gasteiger partial charge in [-0.1, -0.05) is 50.3 Å². The van der Waals surface area contributed by atoms with Crippen molar-refractivity contribution in [1.82, 2.24) is 0 Å². The molecule has 1 heterocycles. The first-order valence-electron chi connectivity index (χ1n) is 9.31. The molecule has 1 N–H and O–H groups in total. The molecule has 0 spiro atoms. The second-order valence-corrected chi connectivity index (χ2v) is 7.92. The van der Waals surface area contributed by atoms with Gasteiger partial charge < -0.3 is 19.3 Å². The highest BCUT2D eigenvalue weighted by atomic mass is 16.7. The molecule has 1 unspecified atom stereocenters. The second-order valence-electron chi connectivity index (χ2n) is 7.92. The Morgan fingerprint density at radius 2 is 1.75 bits per heavy atom. The predicted octanol–water partition coefficient (Wildman–Crippen LogP) is 5.80. The van der Waals surface area contributed by atoms with Crippen LogP contribution in [0.25, 0.3) is 11.6 Å². The molecule has 0 saturated heterocycles. The van der Waals surface area contributed by atoms with E-state index in [0.717, 1.165) is 33.8 Å². The lowest BCUT2D eigenvalue weighted by Crippen LogP contribution is -2.26. The van der Waals surface area contributed by atoms with E-state index in [-0.39, 0.29) is 5.41 Å². The van der Waals surface area contributed by atoms with Crippen LogP contribution in [0.5, 0.6) is 11.5 Å². The van der Waals surface area contributed by atoms with Crippen LogP contribution < -0.4 is 9.47 Å². The Labute approximate surface area is 165 Å². The third-order valence-electron chi connectivity index (χ3n) is 4.70. The molecule has 0 radical (unpaired) electrons. The number of hydrogen-bond donors (Lipinski definition) is 1. The quantitative estimate of drug-likeness (QED) is 0.535. The van der Waals surface area contributed by atoms with Crippen LogP contribution >= 0.6 is 0 Å². The molecular formula is C23H26O5. The molecule has 2 aromatic carbocycles. The molecular weight excluding hydrogens is 356 g/mol. The largest absolute Gasteiger partial charge is 0.506 e. The van der Waals surface area contributed by atoms with Gasteiger partial charge in [0.15, 0.2) is 11.5 Å². The average molecular weight is 382 g/mol. The normalized spacial score (nSPS) is 16.8. The summed E-state index contributed by atoms with van der Waals surface area (Å²) in [4.78, 5) is 10.7. The highest BCUT2D eigenvalue weighted by Crippen LogP contribution is 2.36. The third kappa shape index (κ3) is 4.85. The summed E-state index contributed by atoms with van der Waals surface area (Å²) in [5, 5.41) is 8.72. The molecule has 0 amide bonds. The molecule has 0 aromatic heterocycles. The minimum atomic E-state index is -1.27. The minimum Gasteiger partial charge on any atom is -0.489 e. The number of fused-ring (bicyclic) bond motifs is 1. The molecule has 3 rings (SSSR count). The summed E-state index contributed by atoms with van der Waals surface area (Å²) in [6.07, 6.45) is 0.308. The number of rotatable bonds is 4. The Kier molecular flexibility index (Phi) is 5.63. The van der Waals surface area contributed by atoms with Gasteiger partial charge in [-0.3, -0.25) is 0 Å². The van der Waals surface area contributed by atoms with Gasteiger partial charge in [-0.05, 0) is 48.2 Å². The zero-order chi connectivity index (χ0) is 20.3. The monoisotopic (exact) mass is 382 g/mol. The summed E-state index contributed by atoms with van der Waals surface area (Å²) in [7, 11) is 0. The van der Waals surface area contributed by atoms with Crippen LogP contribution in [0.1, 0.15) is 50.5 Å². The van der Waals surface area contributed by atoms with Crippen LogP contribution in [0.15, 0.2) is 42.5 Å². The minimum absolute atomic E-state index is 0.0205. The van der Waals surface area contributed by atoms with Gasteiger partial charge in [0.1, 0.15) is 6.10 Å². The zero-order valence-corrected chi connectivity index (χ0v) is 16.7. The number of carboxylic acid groups (broad SMARTS) is 1. The maximum Gasteiger partial charge on any atom is 0.506 e. The first-order chi connectivity index (χ1) is 13.2. The Morgan fingerprint density at radius 3 is 2.39 bits per heavy atom. The van der Waals surface area contributed by atoms with Crippen LogP contribution in [-0.2, 0) is 4.74 Å². The van der Waals surface area contributed by atoms with E-state index >= 15 is 0 Å². The van der Waals surface area contributed by atoms with Crippen LogP contribution in [0.4, 0.5) is 4.79 Å². The molecule has 5 heteroatoms. The number of hydrogen-bond acceptors (Lipinski definition) is 4. The molecule has 2 aromatic rings. The van der Waals surface area contributed by atoms with Gasteiger partial charge in [0.2, 0.25) is 0 Å². The number of carbonyl (C=O) groups is 1. The van der Waals surface area contributed by atoms with E-state index < -0.39 is 12.3 Å². The summed E-state index contributed by atoms with van der Waals surface area (Å²) in [5.74, 6) is 1.55. The molecule has 148 valence electrons. The lowest BCUT2D eigenvalue weighted by molar-refractivity contribution is 0.0587. The Balaban J connectivity index is 1.77. The van der Waals surface area contributed by atoms with Gasteiger partial charge in [0.25, 0.3) is 0 Å². The fourth-order valence-electron chi connectivity index (χ4n) is 2.99. The highest BCUT2D eigenvalue weighted by Gasteiger charge is 2.25. The van der Waals surface area contributed by atoms with Crippen LogP contribution in [0, 0.1) is 5.41 Å². The summed E-state index contributed by atoms with van der Waals surface area (Å²) >= 11 is 0. The van der Waals surface area contributed by atoms with Crippen molar-refractivity contribution >= 4 is 17.8 Å². The van der Waals surface area contributed by atoms with Crippen molar-refractivity contribution < 1.29 is 24.1 Å². The predicted molar refractivity (Wildman–Crippen MR) is 109 cm³/mol. The first kappa shape index (κ1) is 19.8. The average Bonchev–Trinajstić information content (AvgIpc) is 2.80. The smallest absolute Gasteiger partial charge is 0.489 e. The maximum atomic E-state index is 10.7. The Hall–Kier alpha value is -2.95. The van der Waals surface area contributed by atoms with Crippen molar-refractivity contribution in [3.63, 3.8) is 0 Å². The van der Waals surface area contributed by atoms with Gasteiger partial charge in [-0.2, -0.15) is 0 Å². The SMILES string of the molecule is CC(=Cc1ccc(C(C)OC(=O)O)cc1)c1ccc2c(c1)OCC(C)(C)CO2. The fourth-order valence-corrected chi connectivity index (χ4v) is 2.99. The Bertz CT molecular complexity index is 880. The third-order valence-corrected chi connectivity index (χ3v) is 4.70. The van der Waals surface area contributed by atoms with Gasteiger partial charge >= 0.3 is 6.16 Å². The fraction of sp³-hybridized carbons (Fsp3) is 0.348. The molecule has 28 heavy (non-hydrogen) atoms. The lowest BCUT2D eigenvalue weighted by Gasteiger charge is -2.19. The van der Waals surface area contributed by atoms with Crippen molar-refractivity contribution in [1.29, 1.82) is 0 Å². The van der Waals surface area contributed by atoms with Crippen molar-refractivity contribution in [2.24, 2.45) is 5.41 Å². The molecule has 1 aliphatic heterocycles. The van der Waals surface area contributed by atoms with Crippen molar-refractivity contribution in [3.8, 4) is 11.5 Å². The molecule has 0 saturated carbocycles. The van der Waals surface area contributed by atoms with Gasteiger partial charge in [0.05, 0.1) is 13.2 Å². The standard InChI is InChI=1S/C23H26O5/c1-15(11-17-5-7-18(8-6-17)16(2)28-22(24)25)19-9-10-20-21(12-19)27-14-23(3,4)13-26-20/h5-12,16H,13-14H2,1-4H3,(H,24,25). The summed E-state index contributed by atoms with van der Waals surface area (Å²) in [5.41, 5.74) is 3.98. The van der Waals surface area contributed by atoms with Crippen molar-refractivity contribution in [2.75, 3.05) is 13.2 Å². The maximum absolute atomic E-state index is 10.7. The van der Waals surface area contributed by atoms with E-state index in [0.29, 0.717) is 13.2 Å². The second kappa shape index (κ2) is 7.97.